The lowest BCUT2D eigenvalue weighted by Gasteiger charge is -2.12. The summed E-state index contributed by atoms with van der Waals surface area (Å²) < 4.78 is 11.5. The van der Waals surface area contributed by atoms with Crippen molar-refractivity contribution in [1.82, 2.24) is 0 Å². The number of methoxy groups -OCH3 is 1. The molecule has 0 aliphatic heterocycles. The van der Waals surface area contributed by atoms with Crippen molar-refractivity contribution in [3.05, 3.63) is 100 Å². The zero-order valence-corrected chi connectivity index (χ0v) is 17.4. The molecular weight excluding hydrogens is 360 g/mol. The standard InChI is InChI=1S/C26H26O3/c1-18-10-14-23(25(16-18)29-17-21-8-6-5-7-9-21)24(27)15-13-22-12-11-19(2)20(3)26(22)28-4/h5-16H,17H2,1-4H3/b15-13+. The second kappa shape index (κ2) is 9.24. The summed E-state index contributed by atoms with van der Waals surface area (Å²) in [7, 11) is 1.65. The van der Waals surface area contributed by atoms with Gasteiger partial charge in [-0.15, -0.1) is 0 Å². The molecule has 0 radical (unpaired) electrons. The van der Waals surface area contributed by atoms with Crippen LogP contribution in [0.4, 0.5) is 0 Å². The Morgan fingerprint density at radius 2 is 1.72 bits per heavy atom. The van der Waals surface area contributed by atoms with Crippen LogP contribution in [0.3, 0.4) is 0 Å². The predicted molar refractivity (Wildman–Crippen MR) is 118 cm³/mol. The van der Waals surface area contributed by atoms with Gasteiger partial charge in [-0.25, -0.2) is 0 Å². The second-order valence-corrected chi connectivity index (χ2v) is 7.10. The van der Waals surface area contributed by atoms with Crippen molar-refractivity contribution >= 4 is 11.9 Å². The number of hydrogen-bond donors (Lipinski definition) is 0. The zero-order chi connectivity index (χ0) is 20.8. The Bertz CT molecular complexity index is 1030. The van der Waals surface area contributed by atoms with Crippen LogP contribution < -0.4 is 9.47 Å². The maximum atomic E-state index is 12.9. The summed E-state index contributed by atoms with van der Waals surface area (Å²) in [5.41, 5.74) is 5.76. The number of allylic oxidation sites excluding steroid dienone is 1. The average molecular weight is 386 g/mol. The van der Waals surface area contributed by atoms with Gasteiger partial charge in [-0.1, -0.05) is 48.5 Å². The summed E-state index contributed by atoms with van der Waals surface area (Å²) in [6.45, 7) is 6.46. The van der Waals surface area contributed by atoms with E-state index in [1.807, 2.05) is 81.4 Å². The topological polar surface area (TPSA) is 35.5 Å². The molecule has 3 aromatic carbocycles. The van der Waals surface area contributed by atoms with E-state index >= 15 is 0 Å². The summed E-state index contributed by atoms with van der Waals surface area (Å²) in [6.07, 6.45) is 3.38. The molecule has 0 spiro atoms. The van der Waals surface area contributed by atoms with Gasteiger partial charge in [0.15, 0.2) is 5.78 Å². The van der Waals surface area contributed by atoms with Gasteiger partial charge in [-0.2, -0.15) is 0 Å². The highest BCUT2D eigenvalue weighted by Gasteiger charge is 2.12. The molecule has 0 heterocycles. The van der Waals surface area contributed by atoms with Crippen LogP contribution in [-0.4, -0.2) is 12.9 Å². The Balaban J connectivity index is 1.84. The molecule has 3 aromatic rings. The van der Waals surface area contributed by atoms with Crippen molar-refractivity contribution in [3.8, 4) is 11.5 Å². The van der Waals surface area contributed by atoms with E-state index < -0.39 is 0 Å². The zero-order valence-electron chi connectivity index (χ0n) is 17.4. The highest BCUT2D eigenvalue weighted by Crippen LogP contribution is 2.28. The van der Waals surface area contributed by atoms with E-state index in [4.69, 9.17) is 9.47 Å². The molecule has 0 saturated heterocycles. The third-order valence-electron chi connectivity index (χ3n) is 4.97. The summed E-state index contributed by atoms with van der Waals surface area (Å²) in [5.74, 6) is 1.28. The first-order valence-electron chi connectivity index (χ1n) is 9.63. The smallest absolute Gasteiger partial charge is 0.189 e. The van der Waals surface area contributed by atoms with Gasteiger partial charge in [-0.3, -0.25) is 4.79 Å². The van der Waals surface area contributed by atoms with Gasteiger partial charge in [0.2, 0.25) is 0 Å². The molecule has 29 heavy (non-hydrogen) atoms. The Hall–Kier alpha value is -3.33. The molecule has 3 rings (SSSR count). The van der Waals surface area contributed by atoms with Gasteiger partial charge in [0.05, 0.1) is 12.7 Å². The van der Waals surface area contributed by atoms with Crippen LogP contribution in [-0.2, 0) is 6.61 Å². The van der Waals surface area contributed by atoms with E-state index in [2.05, 4.69) is 0 Å². The highest BCUT2D eigenvalue weighted by atomic mass is 16.5. The fourth-order valence-electron chi connectivity index (χ4n) is 3.16. The summed E-state index contributed by atoms with van der Waals surface area (Å²) in [5, 5.41) is 0. The molecule has 0 N–H and O–H groups in total. The lowest BCUT2D eigenvalue weighted by Crippen LogP contribution is -2.03. The highest BCUT2D eigenvalue weighted by molar-refractivity contribution is 6.08. The third kappa shape index (κ3) is 4.94. The van der Waals surface area contributed by atoms with E-state index in [9.17, 15) is 4.79 Å². The molecule has 0 aliphatic carbocycles. The summed E-state index contributed by atoms with van der Waals surface area (Å²) in [4.78, 5) is 12.9. The molecule has 3 nitrogen and oxygen atoms in total. The number of aryl methyl sites for hydroxylation is 2. The Labute approximate surface area is 172 Å². The first kappa shape index (κ1) is 20.4. The van der Waals surface area contributed by atoms with Crippen LogP contribution >= 0.6 is 0 Å². The van der Waals surface area contributed by atoms with Crippen molar-refractivity contribution in [3.63, 3.8) is 0 Å². The fourth-order valence-corrected chi connectivity index (χ4v) is 3.16. The van der Waals surface area contributed by atoms with Gasteiger partial charge < -0.3 is 9.47 Å². The first-order valence-corrected chi connectivity index (χ1v) is 9.63. The van der Waals surface area contributed by atoms with E-state index in [1.165, 1.54) is 0 Å². The molecular formula is C26H26O3. The number of ketones is 1. The van der Waals surface area contributed by atoms with Gasteiger partial charge in [0.25, 0.3) is 0 Å². The fraction of sp³-hybridized carbons (Fsp3) is 0.192. The minimum absolute atomic E-state index is 0.103. The SMILES string of the molecule is COc1c(/C=C/C(=O)c2ccc(C)cc2OCc2ccccc2)ccc(C)c1C. The first-order chi connectivity index (χ1) is 14.0. The molecule has 0 aliphatic rings. The average Bonchev–Trinajstić information content (AvgIpc) is 2.73. The van der Waals surface area contributed by atoms with Crippen molar-refractivity contribution in [2.24, 2.45) is 0 Å². The molecule has 148 valence electrons. The van der Waals surface area contributed by atoms with E-state index in [0.717, 1.165) is 33.6 Å². The molecule has 0 fully saturated rings. The molecule has 0 bridgehead atoms. The van der Waals surface area contributed by atoms with Crippen molar-refractivity contribution in [1.29, 1.82) is 0 Å². The molecule has 0 saturated carbocycles. The molecule has 3 heteroatoms. The molecule has 0 atom stereocenters. The van der Waals surface area contributed by atoms with Crippen molar-refractivity contribution < 1.29 is 14.3 Å². The lowest BCUT2D eigenvalue weighted by molar-refractivity contribution is 0.104. The van der Waals surface area contributed by atoms with Gasteiger partial charge >= 0.3 is 0 Å². The maximum absolute atomic E-state index is 12.9. The summed E-state index contributed by atoms with van der Waals surface area (Å²) in [6, 6.07) is 19.6. The van der Waals surface area contributed by atoms with Crippen LogP contribution in [0.1, 0.15) is 38.2 Å². The van der Waals surface area contributed by atoms with Crippen LogP contribution in [0.25, 0.3) is 6.08 Å². The van der Waals surface area contributed by atoms with E-state index in [1.54, 1.807) is 19.3 Å². The Morgan fingerprint density at radius 1 is 0.966 bits per heavy atom. The minimum Gasteiger partial charge on any atom is -0.496 e. The van der Waals surface area contributed by atoms with Gasteiger partial charge in [0, 0.05) is 5.56 Å². The summed E-state index contributed by atoms with van der Waals surface area (Å²) >= 11 is 0. The van der Waals surface area contributed by atoms with Crippen LogP contribution in [0.2, 0.25) is 0 Å². The van der Waals surface area contributed by atoms with Crippen molar-refractivity contribution in [2.45, 2.75) is 27.4 Å². The number of hydrogen-bond acceptors (Lipinski definition) is 3. The monoisotopic (exact) mass is 386 g/mol. The van der Waals surface area contributed by atoms with E-state index in [-0.39, 0.29) is 5.78 Å². The van der Waals surface area contributed by atoms with Crippen molar-refractivity contribution in [2.75, 3.05) is 7.11 Å². The van der Waals surface area contributed by atoms with E-state index in [0.29, 0.717) is 17.9 Å². The molecule has 0 unspecified atom stereocenters. The number of carbonyl (C=O) groups excluding carboxylic acids is 1. The van der Waals surface area contributed by atoms with Crippen LogP contribution in [0, 0.1) is 20.8 Å². The van der Waals surface area contributed by atoms with Crippen LogP contribution in [0.5, 0.6) is 11.5 Å². The number of ether oxygens (including phenoxy) is 2. The lowest BCUT2D eigenvalue weighted by atomic mass is 10.0. The normalized spacial score (nSPS) is 10.9. The molecule has 0 amide bonds. The Morgan fingerprint density at radius 3 is 2.45 bits per heavy atom. The largest absolute Gasteiger partial charge is 0.496 e. The molecule has 0 aromatic heterocycles. The second-order valence-electron chi connectivity index (χ2n) is 7.10. The maximum Gasteiger partial charge on any atom is 0.189 e. The van der Waals surface area contributed by atoms with Gasteiger partial charge in [0.1, 0.15) is 18.1 Å². The minimum atomic E-state index is -0.103. The number of carbonyl (C=O) groups is 1. The Kier molecular flexibility index (Phi) is 6.50. The van der Waals surface area contributed by atoms with Crippen LogP contribution in [0.15, 0.2) is 66.7 Å². The third-order valence-corrected chi connectivity index (χ3v) is 4.97. The number of rotatable bonds is 7. The van der Waals surface area contributed by atoms with Gasteiger partial charge in [-0.05, 0) is 67.3 Å². The number of benzene rings is 3. The quantitative estimate of drug-likeness (QED) is 0.364. The predicted octanol–water partition coefficient (Wildman–Crippen LogP) is 6.10.